The molecule has 0 atom stereocenters. The molecule has 1 aromatic rings. The van der Waals surface area contributed by atoms with Crippen LogP contribution in [0.25, 0.3) is 0 Å². The Morgan fingerprint density at radius 2 is 1.86 bits per heavy atom. The van der Waals surface area contributed by atoms with Crippen LogP contribution in [0.4, 0.5) is 0 Å². The molecule has 0 spiro atoms. The molecule has 14 heavy (non-hydrogen) atoms. The Labute approximate surface area is 94.3 Å². The fourth-order valence-electron chi connectivity index (χ4n) is 1.36. The summed E-state index contributed by atoms with van der Waals surface area (Å²) in [5.41, 5.74) is 2.65. The number of halogens is 1. The molecule has 1 rings (SSSR count). The zero-order valence-corrected chi connectivity index (χ0v) is 10.6. The topological polar surface area (TPSA) is 20.2 Å². The van der Waals surface area contributed by atoms with Crippen LogP contribution < -0.4 is 0 Å². The number of aliphatic hydroxyl groups is 1. The third-order valence-electron chi connectivity index (χ3n) is 2.22. The zero-order chi connectivity index (χ0) is 10.8. The first-order valence-corrected chi connectivity index (χ1v) is 5.63. The van der Waals surface area contributed by atoms with Gasteiger partial charge in [0.15, 0.2) is 0 Å². The molecule has 0 saturated heterocycles. The van der Waals surface area contributed by atoms with Crippen molar-refractivity contribution in [2.45, 2.75) is 32.6 Å². The highest BCUT2D eigenvalue weighted by Gasteiger charge is 2.14. The van der Waals surface area contributed by atoms with Crippen LogP contribution in [0.15, 0.2) is 22.7 Å². The van der Waals surface area contributed by atoms with Crippen molar-refractivity contribution in [2.24, 2.45) is 0 Å². The summed E-state index contributed by atoms with van der Waals surface area (Å²) >= 11 is 3.49. The summed E-state index contributed by atoms with van der Waals surface area (Å²) in [6, 6.07) is 6.37. The van der Waals surface area contributed by atoms with Crippen LogP contribution in [-0.2, 0) is 11.8 Å². The molecule has 0 fully saturated rings. The van der Waals surface area contributed by atoms with Gasteiger partial charge >= 0.3 is 0 Å². The molecule has 0 amide bonds. The molecule has 1 N–H and O–H groups in total. The van der Waals surface area contributed by atoms with Crippen molar-refractivity contribution >= 4 is 15.9 Å². The number of benzene rings is 1. The monoisotopic (exact) mass is 256 g/mol. The summed E-state index contributed by atoms with van der Waals surface area (Å²) in [5, 5.41) is 8.89. The zero-order valence-electron chi connectivity index (χ0n) is 8.97. The van der Waals surface area contributed by atoms with Crippen molar-refractivity contribution in [3.05, 3.63) is 33.8 Å². The highest BCUT2D eigenvalue weighted by Crippen LogP contribution is 2.26. The molecular formula is C12H17BrO. The van der Waals surface area contributed by atoms with Crippen molar-refractivity contribution in [1.29, 1.82) is 0 Å². The molecule has 0 unspecified atom stereocenters. The molecule has 1 nitrogen and oxygen atoms in total. The smallest absolute Gasteiger partial charge is 0.0471 e. The van der Waals surface area contributed by atoms with Crippen molar-refractivity contribution in [3.8, 4) is 0 Å². The van der Waals surface area contributed by atoms with Gasteiger partial charge in [0.2, 0.25) is 0 Å². The number of hydrogen-bond acceptors (Lipinski definition) is 1. The SMILES string of the molecule is CC(C)(C)c1cc(Br)cc(CCO)c1. The Kier molecular flexibility index (Phi) is 3.73. The summed E-state index contributed by atoms with van der Waals surface area (Å²) < 4.78 is 1.09. The van der Waals surface area contributed by atoms with Gasteiger partial charge < -0.3 is 5.11 Å². The molecule has 0 aliphatic rings. The average Bonchev–Trinajstić information content (AvgIpc) is 2.02. The van der Waals surface area contributed by atoms with Crippen molar-refractivity contribution in [3.63, 3.8) is 0 Å². The van der Waals surface area contributed by atoms with Crippen molar-refractivity contribution < 1.29 is 5.11 Å². The molecule has 78 valence electrons. The highest BCUT2D eigenvalue weighted by atomic mass is 79.9. The van der Waals surface area contributed by atoms with Crippen LogP contribution in [0.3, 0.4) is 0 Å². The fourth-order valence-corrected chi connectivity index (χ4v) is 1.90. The molecule has 2 heteroatoms. The fraction of sp³-hybridized carbons (Fsp3) is 0.500. The lowest BCUT2D eigenvalue weighted by Gasteiger charge is -2.20. The van der Waals surface area contributed by atoms with E-state index in [1.807, 2.05) is 0 Å². The van der Waals surface area contributed by atoms with Crippen LogP contribution >= 0.6 is 15.9 Å². The van der Waals surface area contributed by atoms with E-state index in [2.05, 4.69) is 54.9 Å². The lowest BCUT2D eigenvalue weighted by molar-refractivity contribution is 0.299. The largest absolute Gasteiger partial charge is 0.396 e. The maximum absolute atomic E-state index is 8.89. The van der Waals surface area contributed by atoms with Gasteiger partial charge in [-0.2, -0.15) is 0 Å². The van der Waals surface area contributed by atoms with Gasteiger partial charge in [-0.15, -0.1) is 0 Å². The number of rotatable bonds is 2. The van der Waals surface area contributed by atoms with E-state index in [-0.39, 0.29) is 12.0 Å². The highest BCUT2D eigenvalue weighted by molar-refractivity contribution is 9.10. The summed E-state index contributed by atoms with van der Waals surface area (Å²) in [7, 11) is 0. The van der Waals surface area contributed by atoms with Gasteiger partial charge in [0.25, 0.3) is 0 Å². The Morgan fingerprint density at radius 3 is 2.36 bits per heavy atom. The van der Waals surface area contributed by atoms with Gasteiger partial charge in [0.1, 0.15) is 0 Å². The van der Waals surface area contributed by atoms with E-state index in [1.54, 1.807) is 0 Å². The molecular weight excluding hydrogens is 240 g/mol. The third kappa shape index (κ3) is 3.10. The second kappa shape index (κ2) is 4.45. The maximum atomic E-state index is 8.89. The van der Waals surface area contributed by atoms with E-state index in [4.69, 9.17) is 5.11 Å². The Hall–Kier alpha value is -0.340. The standard InChI is InChI=1S/C12H17BrO/c1-12(2,3)10-6-9(4-5-14)7-11(13)8-10/h6-8,14H,4-5H2,1-3H3. The van der Waals surface area contributed by atoms with Crippen LogP contribution in [0.5, 0.6) is 0 Å². The first kappa shape index (κ1) is 11.7. The lowest BCUT2D eigenvalue weighted by atomic mass is 9.86. The van der Waals surface area contributed by atoms with E-state index in [1.165, 1.54) is 11.1 Å². The summed E-state index contributed by atoms with van der Waals surface area (Å²) in [6.07, 6.45) is 0.725. The van der Waals surface area contributed by atoms with Crippen molar-refractivity contribution in [2.75, 3.05) is 6.61 Å². The second-order valence-corrected chi connectivity index (χ2v) is 5.49. The summed E-state index contributed by atoms with van der Waals surface area (Å²) in [6.45, 7) is 6.78. The Morgan fingerprint density at radius 1 is 1.21 bits per heavy atom. The normalized spacial score (nSPS) is 11.8. The van der Waals surface area contributed by atoms with E-state index < -0.39 is 0 Å². The van der Waals surface area contributed by atoms with Crippen molar-refractivity contribution in [1.82, 2.24) is 0 Å². The first-order valence-electron chi connectivity index (χ1n) is 4.84. The van der Waals surface area contributed by atoms with Gasteiger partial charge in [0.05, 0.1) is 0 Å². The second-order valence-electron chi connectivity index (χ2n) is 4.57. The minimum atomic E-state index is 0.161. The summed E-state index contributed by atoms with van der Waals surface area (Å²) in [4.78, 5) is 0. The van der Waals surface area contributed by atoms with Gasteiger partial charge in [-0.1, -0.05) is 42.8 Å². The lowest BCUT2D eigenvalue weighted by Crippen LogP contribution is -2.11. The number of hydrogen-bond donors (Lipinski definition) is 1. The third-order valence-corrected chi connectivity index (χ3v) is 2.68. The molecule has 1 aromatic carbocycles. The quantitative estimate of drug-likeness (QED) is 0.862. The maximum Gasteiger partial charge on any atom is 0.0471 e. The van der Waals surface area contributed by atoms with Gasteiger partial charge in [-0.25, -0.2) is 0 Å². The Balaban J connectivity index is 3.07. The van der Waals surface area contributed by atoms with Gasteiger partial charge in [0, 0.05) is 11.1 Å². The van der Waals surface area contributed by atoms with Crippen LogP contribution in [0.1, 0.15) is 31.9 Å². The summed E-state index contributed by atoms with van der Waals surface area (Å²) in [5.74, 6) is 0. The average molecular weight is 257 g/mol. The molecule has 0 saturated carbocycles. The van der Waals surface area contributed by atoms with Crippen LogP contribution in [-0.4, -0.2) is 11.7 Å². The molecule has 0 aromatic heterocycles. The minimum absolute atomic E-state index is 0.161. The van der Waals surface area contributed by atoms with E-state index in [0.717, 1.165) is 10.9 Å². The van der Waals surface area contributed by atoms with Gasteiger partial charge in [-0.05, 0) is 35.1 Å². The van der Waals surface area contributed by atoms with E-state index >= 15 is 0 Å². The van der Waals surface area contributed by atoms with Crippen LogP contribution in [0.2, 0.25) is 0 Å². The van der Waals surface area contributed by atoms with Crippen LogP contribution in [0, 0.1) is 0 Å². The minimum Gasteiger partial charge on any atom is -0.396 e. The van der Waals surface area contributed by atoms with E-state index in [0.29, 0.717) is 0 Å². The Bertz CT molecular complexity index is 313. The molecule has 0 bridgehead atoms. The predicted molar refractivity (Wildman–Crippen MR) is 63.6 cm³/mol. The predicted octanol–water partition coefficient (Wildman–Crippen LogP) is 3.28. The molecule has 0 aliphatic carbocycles. The molecule has 0 radical (unpaired) electrons. The molecule has 0 aliphatic heterocycles. The first-order chi connectivity index (χ1) is 6.43. The number of aliphatic hydroxyl groups excluding tert-OH is 1. The van der Waals surface area contributed by atoms with Gasteiger partial charge in [-0.3, -0.25) is 0 Å². The molecule has 0 heterocycles. The van der Waals surface area contributed by atoms with E-state index in [9.17, 15) is 0 Å².